The molecular weight excluding hydrogens is 219 g/mol. The van der Waals surface area contributed by atoms with Gasteiger partial charge in [0.2, 0.25) is 0 Å². The molecule has 17 heavy (non-hydrogen) atoms. The molecule has 4 saturated heterocycles. The zero-order valence-electron chi connectivity index (χ0n) is 10.0. The molecular formula is C12H19BO4. The van der Waals surface area contributed by atoms with E-state index in [0.717, 1.165) is 45.8 Å². The molecule has 4 fully saturated rings. The smallest absolute Gasteiger partial charge is 0.261 e. The van der Waals surface area contributed by atoms with Gasteiger partial charge < -0.3 is 18.9 Å². The van der Waals surface area contributed by atoms with E-state index in [2.05, 4.69) is 0 Å². The third-order valence-corrected chi connectivity index (χ3v) is 4.43. The molecule has 4 aliphatic heterocycles. The van der Waals surface area contributed by atoms with Crippen LogP contribution in [0.2, 0.25) is 0 Å². The number of ether oxygens (including phenoxy) is 4. The lowest BCUT2D eigenvalue weighted by molar-refractivity contribution is -0.210. The maximum absolute atomic E-state index is 5.98. The summed E-state index contributed by atoms with van der Waals surface area (Å²) in [5.41, 5.74) is 0. The van der Waals surface area contributed by atoms with Gasteiger partial charge in [0, 0.05) is 0 Å². The highest BCUT2D eigenvalue weighted by atomic mass is 16.7. The van der Waals surface area contributed by atoms with Crippen molar-refractivity contribution in [3.63, 3.8) is 0 Å². The van der Waals surface area contributed by atoms with Gasteiger partial charge in [0.1, 0.15) is 12.4 Å². The summed E-state index contributed by atoms with van der Waals surface area (Å²) in [6, 6.07) is 0. The molecule has 4 rings (SSSR count). The highest BCUT2D eigenvalue weighted by molar-refractivity contribution is 6.37. The van der Waals surface area contributed by atoms with Crippen LogP contribution in [-0.2, 0) is 18.9 Å². The van der Waals surface area contributed by atoms with Gasteiger partial charge in [-0.05, 0) is 38.5 Å². The van der Waals surface area contributed by atoms with E-state index in [9.17, 15) is 0 Å². The normalized spacial score (nSPS) is 53.2. The van der Waals surface area contributed by atoms with Crippen LogP contribution in [0, 0.1) is 0 Å². The molecule has 4 atom stereocenters. The molecule has 0 spiro atoms. The SMILES string of the molecule is B1C2OC3CCC4CC(CCC(C3)O2)OC1O4. The van der Waals surface area contributed by atoms with Crippen LogP contribution in [0.4, 0.5) is 0 Å². The molecule has 94 valence electrons. The molecule has 0 aliphatic carbocycles. The number of rotatable bonds is 0. The summed E-state index contributed by atoms with van der Waals surface area (Å²) in [6.07, 6.45) is 7.83. The highest BCUT2D eigenvalue weighted by Crippen LogP contribution is 2.34. The van der Waals surface area contributed by atoms with Crippen LogP contribution in [0.3, 0.4) is 0 Å². The lowest BCUT2D eigenvalue weighted by atomic mass is 9.75. The fourth-order valence-corrected chi connectivity index (χ4v) is 3.60. The minimum atomic E-state index is -0.112. The summed E-state index contributed by atoms with van der Waals surface area (Å²) in [5, 5.41) is 0. The lowest BCUT2D eigenvalue weighted by Gasteiger charge is -2.36. The maximum atomic E-state index is 5.98. The van der Waals surface area contributed by atoms with Gasteiger partial charge in [-0.25, -0.2) is 0 Å². The topological polar surface area (TPSA) is 36.9 Å². The molecule has 0 amide bonds. The van der Waals surface area contributed by atoms with Gasteiger partial charge in [0.25, 0.3) is 7.28 Å². The van der Waals surface area contributed by atoms with Gasteiger partial charge in [-0.3, -0.25) is 0 Å². The second-order valence-corrected chi connectivity index (χ2v) is 5.75. The van der Waals surface area contributed by atoms with E-state index in [0.29, 0.717) is 24.4 Å². The van der Waals surface area contributed by atoms with Crippen molar-refractivity contribution in [1.82, 2.24) is 0 Å². The molecule has 4 nitrogen and oxygen atoms in total. The fourth-order valence-electron chi connectivity index (χ4n) is 3.60. The van der Waals surface area contributed by atoms with Crippen LogP contribution >= 0.6 is 0 Å². The van der Waals surface area contributed by atoms with Crippen LogP contribution in [-0.4, -0.2) is 44.1 Å². The average molecular weight is 238 g/mol. The van der Waals surface area contributed by atoms with Crippen molar-refractivity contribution in [2.24, 2.45) is 0 Å². The van der Waals surface area contributed by atoms with Crippen LogP contribution in [0.25, 0.3) is 0 Å². The van der Waals surface area contributed by atoms with Crippen LogP contribution in [0.5, 0.6) is 0 Å². The summed E-state index contributed by atoms with van der Waals surface area (Å²) in [4.78, 5) is 0. The third kappa shape index (κ3) is 2.14. The number of fused-ring (bicyclic) bond motifs is 4. The van der Waals surface area contributed by atoms with Gasteiger partial charge in [-0.15, -0.1) is 0 Å². The molecule has 0 aromatic heterocycles. The number of hydrogen-bond donors (Lipinski definition) is 0. The third-order valence-electron chi connectivity index (χ3n) is 4.43. The molecule has 0 aromatic carbocycles. The van der Waals surface area contributed by atoms with Crippen molar-refractivity contribution in [3.8, 4) is 0 Å². The minimum absolute atomic E-state index is 0.112. The summed E-state index contributed by atoms with van der Waals surface area (Å²) in [5.74, 6) is 0. The highest BCUT2D eigenvalue weighted by Gasteiger charge is 2.41. The van der Waals surface area contributed by atoms with Crippen LogP contribution < -0.4 is 0 Å². The van der Waals surface area contributed by atoms with Crippen molar-refractivity contribution in [2.75, 3.05) is 0 Å². The second kappa shape index (κ2) is 4.23. The van der Waals surface area contributed by atoms with Gasteiger partial charge >= 0.3 is 0 Å². The predicted molar refractivity (Wildman–Crippen MR) is 61.9 cm³/mol. The Balaban J connectivity index is 1.66. The van der Waals surface area contributed by atoms with Crippen LogP contribution in [0.1, 0.15) is 38.5 Å². The largest absolute Gasteiger partial charge is 0.357 e. The van der Waals surface area contributed by atoms with E-state index >= 15 is 0 Å². The van der Waals surface area contributed by atoms with Gasteiger partial charge in [-0.1, -0.05) is 0 Å². The van der Waals surface area contributed by atoms with Crippen molar-refractivity contribution < 1.29 is 18.9 Å². The predicted octanol–water partition coefficient (Wildman–Crippen LogP) is 0.926. The summed E-state index contributed by atoms with van der Waals surface area (Å²) in [6.45, 7) is 0. The van der Waals surface area contributed by atoms with E-state index in [1.165, 1.54) is 0 Å². The molecule has 6 bridgehead atoms. The van der Waals surface area contributed by atoms with E-state index in [1.54, 1.807) is 0 Å². The molecule has 5 heteroatoms. The fraction of sp³-hybridized carbons (Fsp3) is 1.00. The lowest BCUT2D eigenvalue weighted by Crippen LogP contribution is -2.45. The van der Waals surface area contributed by atoms with Gasteiger partial charge in [0.15, 0.2) is 0 Å². The summed E-state index contributed by atoms with van der Waals surface area (Å²) < 4.78 is 23.9. The quantitative estimate of drug-likeness (QED) is 0.588. The van der Waals surface area contributed by atoms with Crippen molar-refractivity contribution in [2.45, 2.75) is 75.3 Å². The Labute approximate surface area is 102 Å². The van der Waals surface area contributed by atoms with Gasteiger partial charge in [-0.2, -0.15) is 0 Å². The Bertz CT molecular complexity index is 248. The second-order valence-electron chi connectivity index (χ2n) is 5.75. The van der Waals surface area contributed by atoms with Crippen molar-refractivity contribution in [3.05, 3.63) is 0 Å². The van der Waals surface area contributed by atoms with E-state index in [-0.39, 0.29) is 12.4 Å². The molecule has 0 radical (unpaired) electrons. The summed E-state index contributed by atoms with van der Waals surface area (Å²) in [7, 11) is 0.736. The zero-order valence-corrected chi connectivity index (χ0v) is 10.0. The first-order chi connectivity index (χ1) is 8.35. The first kappa shape index (κ1) is 10.8. The Kier molecular flexibility index (Phi) is 2.69. The molecule has 4 heterocycles. The Morgan fingerprint density at radius 2 is 0.941 bits per heavy atom. The molecule has 0 N–H and O–H groups in total. The average Bonchev–Trinajstić information content (AvgIpc) is 2.38. The minimum Gasteiger partial charge on any atom is -0.357 e. The Hall–Kier alpha value is -0.0951. The molecule has 0 aromatic rings. The Morgan fingerprint density at radius 1 is 0.588 bits per heavy atom. The van der Waals surface area contributed by atoms with Crippen LogP contribution in [0.15, 0.2) is 0 Å². The molecule has 4 unspecified atom stereocenters. The van der Waals surface area contributed by atoms with Crippen molar-refractivity contribution >= 4 is 7.28 Å². The van der Waals surface area contributed by atoms with E-state index < -0.39 is 0 Å². The summed E-state index contributed by atoms with van der Waals surface area (Å²) >= 11 is 0. The first-order valence-electron chi connectivity index (χ1n) is 6.97. The number of hydrogen-bond acceptors (Lipinski definition) is 4. The molecule has 4 aliphatic rings. The van der Waals surface area contributed by atoms with E-state index in [1.807, 2.05) is 0 Å². The zero-order chi connectivity index (χ0) is 11.2. The van der Waals surface area contributed by atoms with Gasteiger partial charge in [0.05, 0.1) is 24.4 Å². The monoisotopic (exact) mass is 238 g/mol. The Morgan fingerprint density at radius 3 is 1.29 bits per heavy atom. The first-order valence-corrected chi connectivity index (χ1v) is 6.97. The molecule has 0 saturated carbocycles. The van der Waals surface area contributed by atoms with E-state index in [4.69, 9.17) is 18.9 Å². The maximum Gasteiger partial charge on any atom is 0.261 e. The van der Waals surface area contributed by atoms with Crippen molar-refractivity contribution in [1.29, 1.82) is 0 Å². The standard InChI is InChI=1S/C12H19BO4/c1-2-8-6-10-4-3-9-5-7(1)14-11(16-9)13-12(15-8)17-10/h7-13H,1-6H2.